The molecule has 4 heteroatoms. The quantitative estimate of drug-likeness (QED) is 0.151. The van der Waals surface area contributed by atoms with Gasteiger partial charge in [0.2, 0.25) is 0 Å². The lowest BCUT2D eigenvalue weighted by atomic mass is 9.98. The highest BCUT2D eigenvalue weighted by atomic mass is 31.2. The predicted octanol–water partition coefficient (Wildman–Crippen LogP) is 11.7. The van der Waals surface area contributed by atoms with Crippen LogP contribution in [-0.4, -0.2) is 9.13 Å². The van der Waals surface area contributed by atoms with E-state index in [-0.39, 0.29) is 0 Å². The van der Waals surface area contributed by atoms with E-state index >= 15 is 4.57 Å². The van der Waals surface area contributed by atoms with E-state index in [9.17, 15) is 0 Å². The molecule has 0 aliphatic carbocycles. The average Bonchev–Trinajstić information content (AvgIpc) is 3.84. The normalized spacial score (nSPS) is 11.8. The van der Waals surface area contributed by atoms with E-state index in [0.717, 1.165) is 49.2 Å². The van der Waals surface area contributed by atoms with Crippen molar-refractivity contribution < 1.29 is 4.57 Å². The fourth-order valence-corrected chi connectivity index (χ4v) is 10.8. The zero-order valence-corrected chi connectivity index (χ0v) is 30.4. The van der Waals surface area contributed by atoms with Gasteiger partial charge in [0.25, 0.3) is 0 Å². The second-order valence-electron chi connectivity index (χ2n) is 13.7. The number of para-hydroxylation sites is 1. The summed E-state index contributed by atoms with van der Waals surface area (Å²) in [6.07, 6.45) is 2.19. The van der Waals surface area contributed by atoms with Crippen molar-refractivity contribution in [2.45, 2.75) is 0 Å². The third-order valence-corrected chi connectivity index (χ3v) is 13.7. The minimum atomic E-state index is -3.19. The molecule has 3 nitrogen and oxygen atoms in total. The number of benzene rings is 8. The summed E-state index contributed by atoms with van der Waals surface area (Å²) in [6.45, 7) is 0. The Morgan fingerprint density at radius 3 is 1.54 bits per heavy atom. The van der Waals surface area contributed by atoms with Gasteiger partial charge in [-0.2, -0.15) is 0 Å². The molecule has 0 aliphatic heterocycles. The summed E-state index contributed by atoms with van der Waals surface area (Å²) in [4.78, 5) is 0. The van der Waals surface area contributed by atoms with Crippen molar-refractivity contribution in [3.63, 3.8) is 0 Å². The first kappa shape index (κ1) is 32.0. The van der Waals surface area contributed by atoms with Gasteiger partial charge in [0.1, 0.15) is 0 Å². The number of hydrogen-bond donors (Lipinski definition) is 0. The molecule has 10 aromatic rings. The summed E-state index contributed by atoms with van der Waals surface area (Å²) < 4.78 is 20.2. The zero-order chi connectivity index (χ0) is 36.1. The van der Waals surface area contributed by atoms with E-state index in [4.69, 9.17) is 0 Å². The minimum Gasteiger partial charge on any atom is -0.316 e. The molecule has 0 spiro atoms. The topological polar surface area (TPSA) is 26.9 Å². The Bertz CT molecular complexity index is 2900. The molecular weight excluding hydrogens is 676 g/mol. The van der Waals surface area contributed by atoms with Crippen LogP contribution >= 0.6 is 7.14 Å². The highest BCUT2D eigenvalue weighted by Gasteiger charge is 2.30. The van der Waals surface area contributed by atoms with Crippen LogP contribution in [0.3, 0.4) is 0 Å². The summed E-state index contributed by atoms with van der Waals surface area (Å²) in [5, 5.41) is 5.96. The van der Waals surface area contributed by atoms with Crippen LogP contribution in [0, 0.1) is 0 Å². The minimum absolute atomic E-state index is 0.805. The summed E-state index contributed by atoms with van der Waals surface area (Å²) in [5.74, 6) is 0. The summed E-state index contributed by atoms with van der Waals surface area (Å²) >= 11 is 0. The molecule has 8 aromatic carbocycles. The number of nitrogens with zero attached hydrogens (tertiary/aromatic N) is 2. The molecular formula is C50H35N2OP. The lowest BCUT2D eigenvalue weighted by molar-refractivity contribution is 0.592. The van der Waals surface area contributed by atoms with E-state index in [1.165, 1.54) is 33.0 Å². The van der Waals surface area contributed by atoms with Crippen LogP contribution in [-0.2, 0) is 4.57 Å². The Kier molecular flexibility index (Phi) is 7.75. The van der Waals surface area contributed by atoms with Crippen LogP contribution in [0.1, 0.15) is 0 Å². The van der Waals surface area contributed by atoms with Gasteiger partial charge in [-0.3, -0.25) is 0 Å². The molecule has 0 atom stereocenters. The van der Waals surface area contributed by atoms with Crippen LogP contribution < -0.4 is 15.9 Å². The molecule has 256 valence electrons. The van der Waals surface area contributed by atoms with E-state index < -0.39 is 7.14 Å². The maximum Gasteiger partial charge on any atom is 0.171 e. The molecule has 0 radical (unpaired) electrons. The fourth-order valence-electron chi connectivity index (χ4n) is 8.07. The van der Waals surface area contributed by atoms with Crippen molar-refractivity contribution in [3.05, 3.63) is 212 Å². The van der Waals surface area contributed by atoms with Crippen molar-refractivity contribution in [1.29, 1.82) is 0 Å². The Labute approximate surface area is 314 Å². The molecule has 0 N–H and O–H groups in total. The summed E-state index contributed by atoms with van der Waals surface area (Å²) in [5.41, 5.74) is 10.1. The van der Waals surface area contributed by atoms with E-state index in [2.05, 4.69) is 155 Å². The van der Waals surface area contributed by atoms with Gasteiger partial charge in [-0.05, 0) is 70.8 Å². The van der Waals surface area contributed by atoms with E-state index in [0.29, 0.717) is 0 Å². The first-order valence-electron chi connectivity index (χ1n) is 18.3. The average molecular weight is 711 g/mol. The number of hydrogen-bond acceptors (Lipinski definition) is 1. The maximum absolute atomic E-state index is 15.5. The second-order valence-corrected chi connectivity index (χ2v) is 16.5. The molecule has 0 amide bonds. The molecule has 0 aliphatic rings. The molecule has 0 unspecified atom stereocenters. The van der Waals surface area contributed by atoms with Gasteiger partial charge < -0.3 is 13.7 Å². The van der Waals surface area contributed by atoms with Crippen LogP contribution in [0.4, 0.5) is 0 Å². The van der Waals surface area contributed by atoms with Gasteiger partial charge in [-0.25, -0.2) is 0 Å². The Balaban J connectivity index is 1.20. The summed E-state index contributed by atoms with van der Waals surface area (Å²) in [6, 6.07) is 71.6. The zero-order valence-electron chi connectivity index (χ0n) is 29.5. The van der Waals surface area contributed by atoms with Gasteiger partial charge in [-0.1, -0.05) is 158 Å². The largest absolute Gasteiger partial charge is 0.316 e. The first-order valence-corrected chi connectivity index (χ1v) is 20.0. The fraction of sp³-hybridized carbons (Fsp3) is 0. The SMILES string of the molecule is O=P(c1ccccc1)(c1ccccc1)c1cccc(-n2c3ccccc3c3ccc4c(ccn4-c4cc(-c5ccccc5)cc(-c5ccccc5)c4)c32)c1. The molecule has 0 saturated carbocycles. The third kappa shape index (κ3) is 5.24. The predicted molar refractivity (Wildman–Crippen MR) is 228 cm³/mol. The van der Waals surface area contributed by atoms with Gasteiger partial charge in [0.15, 0.2) is 7.14 Å². The van der Waals surface area contributed by atoms with Crippen molar-refractivity contribution >= 4 is 55.8 Å². The highest BCUT2D eigenvalue weighted by molar-refractivity contribution is 7.85. The first-order chi connectivity index (χ1) is 26.7. The van der Waals surface area contributed by atoms with Crippen LogP contribution in [0.25, 0.3) is 66.3 Å². The van der Waals surface area contributed by atoms with Crippen molar-refractivity contribution in [3.8, 4) is 33.6 Å². The third-order valence-electron chi connectivity index (χ3n) is 10.6. The summed E-state index contributed by atoms with van der Waals surface area (Å²) in [7, 11) is -3.19. The number of fused-ring (bicyclic) bond motifs is 5. The monoisotopic (exact) mass is 710 g/mol. The molecule has 0 bridgehead atoms. The Hall–Kier alpha value is -6.67. The molecule has 0 saturated heterocycles. The molecule has 2 aromatic heterocycles. The molecule has 54 heavy (non-hydrogen) atoms. The van der Waals surface area contributed by atoms with E-state index in [1.54, 1.807) is 0 Å². The second kappa shape index (κ2) is 13.1. The van der Waals surface area contributed by atoms with Crippen molar-refractivity contribution in [1.82, 2.24) is 9.13 Å². The lowest BCUT2D eigenvalue weighted by Crippen LogP contribution is -2.25. The van der Waals surface area contributed by atoms with Crippen molar-refractivity contribution in [2.24, 2.45) is 0 Å². The molecule has 10 rings (SSSR count). The van der Waals surface area contributed by atoms with Crippen molar-refractivity contribution in [2.75, 3.05) is 0 Å². The smallest absolute Gasteiger partial charge is 0.171 e. The van der Waals surface area contributed by atoms with Gasteiger partial charge in [0, 0.05) is 49.6 Å². The molecule has 2 heterocycles. The molecule has 0 fully saturated rings. The van der Waals surface area contributed by atoms with Gasteiger partial charge in [0.05, 0.1) is 16.6 Å². The van der Waals surface area contributed by atoms with Gasteiger partial charge >= 0.3 is 0 Å². The van der Waals surface area contributed by atoms with Gasteiger partial charge in [-0.15, -0.1) is 0 Å². The van der Waals surface area contributed by atoms with Crippen LogP contribution in [0.5, 0.6) is 0 Å². The Morgan fingerprint density at radius 1 is 0.352 bits per heavy atom. The highest BCUT2D eigenvalue weighted by Crippen LogP contribution is 2.44. The number of aromatic nitrogens is 2. The Morgan fingerprint density at radius 2 is 0.907 bits per heavy atom. The van der Waals surface area contributed by atoms with E-state index in [1.807, 2.05) is 66.7 Å². The maximum atomic E-state index is 15.5. The lowest BCUT2D eigenvalue weighted by Gasteiger charge is -2.21. The number of rotatable bonds is 7. The standard InChI is InChI=1S/C50H35N2OP/c53-54(42-21-9-3-10-22-42,43-23-11-4-12-24-43)44-25-15-20-40(35-44)52-49-27-14-13-26-45(49)46-28-29-48-47(50(46)52)30-31-51(48)41-33-38(36-16-5-1-6-17-36)32-39(34-41)37-18-7-2-8-19-37/h1-35H. The van der Waals surface area contributed by atoms with Crippen LogP contribution in [0.15, 0.2) is 212 Å². The van der Waals surface area contributed by atoms with Crippen LogP contribution in [0.2, 0.25) is 0 Å².